The highest BCUT2D eigenvalue weighted by molar-refractivity contribution is 7.92. The summed E-state index contributed by atoms with van der Waals surface area (Å²) in [6.45, 7) is 3.42. The maximum atomic E-state index is 13.2. The maximum absolute atomic E-state index is 13.2. The van der Waals surface area contributed by atoms with E-state index in [2.05, 4.69) is 10.0 Å². The Kier molecular flexibility index (Phi) is 6.37. The second kappa shape index (κ2) is 8.96. The number of aryl methyl sites for hydroxylation is 1. The number of sulfonamides is 1. The van der Waals surface area contributed by atoms with Crippen molar-refractivity contribution < 1.29 is 22.3 Å². The first kappa shape index (κ1) is 21.3. The van der Waals surface area contributed by atoms with Crippen molar-refractivity contribution in [1.82, 2.24) is 0 Å². The summed E-state index contributed by atoms with van der Waals surface area (Å²) in [6, 6.07) is 18.3. The zero-order chi connectivity index (χ0) is 21.7. The smallest absolute Gasteiger partial charge is 0.265 e. The van der Waals surface area contributed by atoms with Crippen molar-refractivity contribution in [3.63, 3.8) is 0 Å². The molecule has 3 aromatic rings. The Bertz CT molecular complexity index is 1130. The molecule has 3 rings (SSSR count). The van der Waals surface area contributed by atoms with Crippen LogP contribution in [0.4, 0.5) is 15.8 Å². The van der Waals surface area contributed by atoms with Crippen LogP contribution in [0.5, 0.6) is 5.75 Å². The van der Waals surface area contributed by atoms with E-state index in [4.69, 9.17) is 4.74 Å². The summed E-state index contributed by atoms with van der Waals surface area (Å²) in [5.74, 6) is -0.630. The monoisotopic (exact) mass is 428 g/mol. The summed E-state index contributed by atoms with van der Waals surface area (Å²) in [5, 5.41) is 2.67. The molecule has 0 aliphatic heterocycles. The number of anilines is 2. The summed E-state index contributed by atoms with van der Waals surface area (Å²) < 4.78 is 46.0. The van der Waals surface area contributed by atoms with Crippen molar-refractivity contribution in [3.8, 4) is 5.75 Å². The fourth-order valence-electron chi connectivity index (χ4n) is 2.59. The Labute approximate surface area is 174 Å². The molecule has 156 valence electrons. The number of benzene rings is 3. The van der Waals surface area contributed by atoms with Gasteiger partial charge in [0.05, 0.1) is 4.90 Å². The van der Waals surface area contributed by atoms with E-state index in [9.17, 15) is 17.6 Å². The molecule has 0 heterocycles. The van der Waals surface area contributed by atoms with Crippen LogP contribution < -0.4 is 14.8 Å². The minimum atomic E-state index is -3.71. The zero-order valence-corrected chi connectivity index (χ0v) is 17.2. The number of carbonyl (C=O) groups excluding carboxylic acids is 1. The highest BCUT2D eigenvalue weighted by atomic mass is 32.2. The third-order valence-electron chi connectivity index (χ3n) is 4.21. The van der Waals surface area contributed by atoms with Crippen LogP contribution in [0.15, 0.2) is 77.7 Å². The molecule has 0 aliphatic carbocycles. The predicted molar refractivity (Wildman–Crippen MR) is 114 cm³/mol. The number of rotatable bonds is 7. The summed E-state index contributed by atoms with van der Waals surface area (Å²) in [6.07, 6.45) is -0.855. The first-order valence-electron chi connectivity index (χ1n) is 9.15. The molecule has 8 heteroatoms. The lowest BCUT2D eigenvalue weighted by Gasteiger charge is -2.15. The Balaban J connectivity index is 1.61. The third kappa shape index (κ3) is 5.57. The molecule has 0 spiro atoms. The normalized spacial score (nSPS) is 12.1. The van der Waals surface area contributed by atoms with E-state index in [0.717, 1.165) is 5.56 Å². The van der Waals surface area contributed by atoms with Crippen molar-refractivity contribution in [2.24, 2.45) is 0 Å². The van der Waals surface area contributed by atoms with Crippen LogP contribution in [0.2, 0.25) is 0 Å². The van der Waals surface area contributed by atoms with Gasteiger partial charge in [-0.1, -0.05) is 23.8 Å². The SMILES string of the molecule is Cc1ccc(S(=O)(=O)Nc2ccc(NC(=O)C(C)Oc3cccc(F)c3)cc2)cc1. The first-order valence-corrected chi connectivity index (χ1v) is 10.6. The molecular weight excluding hydrogens is 407 g/mol. The average molecular weight is 428 g/mol. The summed E-state index contributed by atoms with van der Waals surface area (Å²) in [7, 11) is -3.71. The van der Waals surface area contributed by atoms with E-state index in [-0.39, 0.29) is 10.6 Å². The number of amides is 1. The van der Waals surface area contributed by atoms with Gasteiger partial charge in [0.15, 0.2) is 6.10 Å². The number of nitrogens with one attached hydrogen (secondary N) is 2. The molecule has 6 nitrogen and oxygen atoms in total. The van der Waals surface area contributed by atoms with Gasteiger partial charge in [0.1, 0.15) is 11.6 Å². The van der Waals surface area contributed by atoms with E-state index in [1.54, 1.807) is 49.4 Å². The summed E-state index contributed by atoms with van der Waals surface area (Å²) in [5.41, 5.74) is 1.79. The van der Waals surface area contributed by atoms with Gasteiger partial charge >= 0.3 is 0 Å². The highest BCUT2D eigenvalue weighted by Gasteiger charge is 2.16. The second-order valence-electron chi connectivity index (χ2n) is 6.70. The molecule has 0 radical (unpaired) electrons. The van der Waals surface area contributed by atoms with Gasteiger partial charge in [-0.25, -0.2) is 12.8 Å². The van der Waals surface area contributed by atoms with Gasteiger partial charge in [-0.15, -0.1) is 0 Å². The van der Waals surface area contributed by atoms with E-state index in [1.165, 1.54) is 30.3 Å². The van der Waals surface area contributed by atoms with Crippen molar-refractivity contribution in [1.29, 1.82) is 0 Å². The minimum absolute atomic E-state index is 0.161. The number of carbonyl (C=O) groups is 1. The molecule has 0 saturated carbocycles. The third-order valence-corrected chi connectivity index (χ3v) is 5.61. The van der Waals surface area contributed by atoms with Crippen LogP contribution in [-0.4, -0.2) is 20.4 Å². The van der Waals surface area contributed by atoms with Gasteiger partial charge in [0.2, 0.25) is 0 Å². The fraction of sp³-hybridized carbons (Fsp3) is 0.136. The molecule has 30 heavy (non-hydrogen) atoms. The van der Waals surface area contributed by atoms with Crippen LogP contribution in [-0.2, 0) is 14.8 Å². The van der Waals surface area contributed by atoms with Crippen LogP contribution in [0, 0.1) is 12.7 Å². The molecule has 0 fully saturated rings. The summed E-state index contributed by atoms with van der Waals surface area (Å²) >= 11 is 0. The molecular formula is C22H21FN2O4S. The Morgan fingerprint density at radius 1 is 0.967 bits per heavy atom. The predicted octanol–water partition coefficient (Wildman–Crippen LogP) is 4.34. The van der Waals surface area contributed by atoms with Gasteiger partial charge < -0.3 is 10.1 Å². The molecule has 1 amide bonds. The number of ether oxygens (including phenoxy) is 1. The second-order valence-corrected chi connectivity index (χ2v) is 8.39. The number of hydrogen-bond acceptors (Lipinski definition) is 4. The van der Waals surface area contributed by atoms with Gasteiger partial charge in [-0.2, -0.15) is 0 Å². The summed E-state index contributed by atoms with van der Waals surface area (Å²) in [4.78, 5) is 12.4. The van der Waals surface area contributed by atoms with Gasteiger partial charge in [0.25, 0.3) is 15.9 Å². The van der Waals surface area contributed by atoms with E-state index in [1.807, 2.05) is 6.92 Å². The van der Waals surface area contributed by atoms with Crippen molar-refractivity contribution in [3.05, 3.63) is 84.2 Å². The molecule has 0 aromatic heterocycles. The van der Waals surface area contributed by atoms with Crippen molar-refractivity contribution in [2.45, 2.75) is 24.8 Å². The van der Waals surface area contributed by atoms with Gasteiger partial charge in [-0.05, 0) is 62.4 Å². The van der Waals surface area contributed by atoms with Crippen molar-refractivity contribution >= 4 is 27.3 Å². The van der Waals surface area contributed by atoms with Crippen LogP contribution >= 0.6 is 0 Å². The van der Waals surface area contributed by atoms with Crippen LogP contribution in [0.1, 0.15) is 12.5 Å². The molecule has 1 atom stereocenters. The lowest BCUT2D eigenvalue weighted by Crippen LogP contribution is -2.30. The topological polar surface area (TPSA) is 84.5 Å². The largest absolute Gasteiger partial charge is 0.481 e. The van der Waals surface area contributed by atoms with E-state index < -0.39 is 27.9 Å². The fourth-order valence-corrected chi connectivity index (χ4v) is 3.65. The highest BCUT2D eigenvalue weighted by Crippen LogP contribution is 2.20. The van der Waals surface area contributed by atoms with Crippen molar-refractivity contribution in [2.75, 3.05) is 10.0 Å². The molecule has 0 bridgehead atoms. The average Bonchev–Trinajstić information content (AvgIpc) is 2.69. The van der Waals surface area contributed by atoms with Crippen LogP contribution in [0.25, 0.3) is 0 Å². The van der Waals surface area contributed by atoms with E-state index >= 15 is 0 Å². The standard InChI is InChI=1S/C22H21FN2O4S/c1-15-6-12-21(13-7-15)30(27,28)25-19-10-8-18(9-11-19)24-22(26)16(2)29-20-5-3-4-17(23)14-20/h3-14,16,25H,1-2H3,(H,24,26). The minimum Gasteiger partial charge on any atom is -0.481 e. The van der Waals surface area contributed by atoms with E-state index in [0.29, 0.717) is 11.4 Å². The van der Waals surface area contributed by atoms with Crippen LogP contribution in [0.3, 0.4) is 0 Å². The Morgan fingerprint density at radius 2 is 1.60 bits per heavy atom. The van der Waals surface area contributed by atoms with Gasteiger partial charge in [-0.3, -0.25) is 9.52 Å². The number of hydrogen-bond donors (Lipinski definition) is 2. The lowest BCUT2D eigenvalue weighted by atomic mass is 10.2. The first-order chi connectivity index (χ1) is 14.2. The lowest BCUT2D eigenvalue weighted by molar-refractivity contribution is -0.122. The Morgan fingerprint density at radius 3 is 2.23 bits per heavy atom. The molecule has 3 aromatic carbocycles. The molecule has 0 saturated heterocycles. The molecule has 0 aliphatic rings. The Hall–Kier alpha value is -3.39. The number of halogens is 1. The van der Waals surface area contributed by atoms with Gasteiger partial charge in [0, 0.05) is 17.4 Å². The quantitative estimate of drug-likeness (QED) is 0.586. The molecule has 1 unspecified atom stereocenters. The molecule has 2 N–H and O–H groups in total. The zero-order valence-electron chi connectivity index (χ0n) is 16.4. The maximum Gasteiger partial charge on any atom is 0.265 e.